The van der Waals surface area contributed by atoms with Crippen molar-refractivity contribution in [2.45, 2.75) is 18.8 Å². The number of alkyl halides is 1. The van der Waals surface area contributed by atoms with Gasteiger partial charge in [0.2, 0.25) is 0 Å². The number of carbonyl (C=O) groups excluding carboxylic acids is 1. The van der Waals surface area contributed by atoms with Gasteiger partial charge < -0.3 is 5.32 Å². The molecule has 18 heavy (non-hydrogen) atoms. The number of amides is 1. The lowest BCUT2D eigenvalue weighted by atomic mass is 10.1. The van der Waals surface area contributed by atoms with Crippen molar-refractivity contribution in [1.29, 1.82) is 0 Å². The van der Waals surface area contributed by atoms with Crippen molar-refractivity contribution in [1.82, 2.24) is 15.5 Å². The monoisotopic (exact) mass is 307 g/mol. The summed E-state index contributed by atoms with van der Waals surface area (Å²) in [7, 11) is 0. The Morgan fingerprint density at radius 2 is 2.00 bits per heavy atom. The quantitative estimate of drug-likeness (QED) is 0.853. The number of aromatic amines is 1. The molecule has 1 aromatic heterocycles. The number of benzene rings is 1. The minimum absolute atomic E-state index is 0.106. The van der Waals surface area contributed by atoms with Gasteiger partial charge in [0, 0.05) is 17.6 Å². The van der Waals surface area contributed by atoms with Crippen LogP contribution in [0.15, 0.2) is 30.5 Å². The maximum atomic E-state index is 11.8. The van der Waals surface area contributed by atoms with Gasteiger partial charge in [-0.2, -0.15) is 5.10 Å². The van der Waals surface area contributed by atoms with Crippen molar-refractivity contribution in [2.75, 3.05) is 0 Å². The van der Waals surface area contributed by atoms with Crippen LogP contribution >= 0.6 is 15.9 Å². The van der Waals surface area contributed by atoms with Crippen molar-refractivity contribution >= 4 is 21.8 Å². The molecule has 2 aromatic rings. The van der Waals surface area contributed by atoms with Crippen LogP contribution in [0.2, 0.25) is 0 Å². The number of halogens is 1. The van der Waals surface area contributed by atoms with E-state index >= 15 is 0 Å². The zero-order valence-electron chi connectivity index (χ0n) is 10.0. The molecule has 2 N–H and O–H groups in total. The van der Waals surface area contributed by atoms with Crippen molar-refractivity contribution in [2.24, 2.45) is 0 Å². The number of aryl methyl sites for hydroxylation is 1. The van der Waals surface area contributed by atoms with E-state index in [9.17, 15) is 4.79 Å². The summed E-state index contributed by atoms with van der Waals surface area (Å²) >= 11 is 3.40. The Hall–Kier alpha value is -1.62. The average Bonchev–Trinajstić information content (AvgIpc) is 2.83. The molecular weight excluding hydrogens is 294 g/mol. The van der Waals surface area contributed by atoms with Crippen LogP contribution in [0.25, 0.3) is 0 Å². The first kappa shape index (κ1) is 12.8. The molecule has 0 aliphatic rings. The summed E-state index contributed by atoms with van der Waals surface area (Å²) in [5.41, 5.74) is 3.67. The van der Waals surface area contributed by atoms with E-state index < -0.39 is 0 Å². The lowest BCUT2D eigenvalue weighted by molar-refractivity contribution is 0.0950. The number of hydrogen-bond donors (Lipinski definition) is 2. The lowest BCUT2D eigenvalue weighted by Crippen LogP contribution is -2.23. The van der Waals surface area contributed by atoms with E-state index in [4.69, 9.17) is 0 Å². The van der Waals surface area contributed by atoms with Gasteiger partial charge in [-0.25, -0.2) is 0 Å². The Kier molecular flexibility index (Phi) is 4.15. The fourth-order valence-corrected chi connectivity index (χ4v) is 1.98. The molecule has 1 aromatic carbocycles. The highest BCUT2D eigenvalue weighted by Gasteiger charge is 2.09. The smallest absolute Gasteiger partial charge is 0.255 e. The van der Waals surface area contributed by atoms with Gasteiger partial charge in [0.05, 0.1) is 11.8 Å². The molecule has 1 amide bonds. The van der Waals surface area contributed by atoms with Crippen LogP contribution in [-0.4, -0.2) is 16.1 Å². The van der Waals surface area contributed by atoms with Gasteiger partial charge in [0.1, 0.15) is 0 Å². The molecular formula is C13H14BrN3O. The van der Waals surface area contributed by atoms with Crippen LogP contribution in [0.5, 0.6) is 0 Å². The molecule has 0 atom stereocenters. The largest absolute Gasteiger partial charge is 0.348 e. The van der Waals surface area contributed by atoms with Gasteiger partial charge in [-0.1, -0.05) is 40.2 Å². The molecule has 0 aliphatic heterocycles. The van der Waals surface area contributed by atoms with E-state index in [-0.39, 0.29) is 5.91 Å². The third-order valence-electron chi connectivity index (χ3n) is 2.70. The van der Waals surface area contributed by atoms with Crippen LogP contribution in [-0.2, 0) is 11.9 Å². The molecule has 0 bridgehead atoms. The van der Waals surface area contributed by atoms with E-state index in [1.807, 2.05) is 31.2 Å². The minimum atomic E-state index is -0.106. The van der Waals surface area contributed by atoms with E-state index in [0.29, 0.717) is 12.1 Å². The zero-order valence-corrected chi connectivity index (χ0v) is 11.6. The number of nitrogens with zero attached hydrogens (tertiary/aromatic N) is 1. The van der Waals surface area contributed by atoms with Crippen molar-refractivity contribution < 1.29 is 4.79 Å². The Labute approximate surface area is 114 Å². The molecule has 0 unspecified atom stereocenters. The molecule has 0 saturated heterocycles. The van der Waals surface area contributed by atoms with Gasteiger partial charge in [-0.15, -0.1) is 0 Å². The predicted molar refractivity (Wildman–Crippen MR) is 73.6 cm³/mol. The number of H-pyrrole nitrogens is 1. The molecule has 4 nitrogen and oxygen atoms in total. The second-order valence-corrected chi connectivity index (χ2v) is 4.60. The third-order valence-corrected chi connectivity index (χ3v) is 3.35. The van der Waals surface area contributed by atoms with Gasteiger partial charge in [0.25, 0.3) is 5.91 Å². The predicted octanol–water partition coefficient (Wildman–Crippen LogP) is 2.54. The fraction of sp³-hybridized carbons (Fsp3) is 0.231. The molecule has 0 saturated carbocycles. The Balaban J connectivity index is 1.95. The molecule has 0 spiro atoms. The van der Waals surface area contributed by atoms with Crippen molar-refractivity contribution in [3.8, 4) is 0 Å². The van der Waals surface area contributed by atoms with Crippen LogP contribution < -0.4 is 5.32 Å². The summed E-state index contributed by atoms with van der Waals surface area (Å²) in [5.74, 6) is -0.106. The standard InChI is InChI=1S/C13H14BrN3O/c1-9-12(8-16-17-9)13(18)15-7-11-4-2-10(6-14)3-5-11/h2-5,8H,6-7H2,1H3,(H,15,18)(H,16,17). The molecule has 94 valence electrons. The summed E-state index contributed by atoms with van der Waals surface area (Å²) in [6.07, 6.45) is 1.54. The summed E-state index contributed by atoms with van der Waals surface area (Å²) < 4.78 is 0. The molecule has 2 rings (SSSR count). The van der Waals surface area contributed by atoms with Crippen molar-refractivity contribution in [3.63, 3.8) is 0 Å². The summed E-state index contributed by atoms with van der Waals surface area (Å²) in [6, 6.07) is 8.11. The Morgan fingerprint density at radius 1 is 1.33 bits per heavy atom. The zero-order chi connectivity index (χ0) is 13.0. The SMILES string of the molecule is Cc1[nH]ncc1C(=O)NCc1ccc(CBr)cc1. The maximum Gasteiger partial charge on any atom is 0.255 e. The number of nitrogens with one attached hydrogen (secondary N) is 2. The summed E-state index contributed by atoms with van der Waals surface area (Å²) in [5, 5.41) is 10.3. The van der Waals surface area contributed by atoms with Crippen molar-refractivity contribution in [3.05, 3.63) is 52.8 Å². The number of hydrogen-bond acceptors (Lipinski definition) is 2. The molecule has 0 fully saturated rings. The highest BCUT2D eigenvalue weighted by atomic mass is 79.9. The van der Waals surface area contributed by atoms with Gasteiger partial charge in [-0.3, -0.25) is 9.89 Å². The average molecular weight is 308 g/mol. The second kappa shape index (κ2) is 5.82. The Bertz CT molecular complexity index is 533. The summed E-state index contributed by atoms with van der Waals surface area (Å²) in [6.45, 7) is 2.35. The first-order chi connectivity index (χ1) is 8.70. The van der Waals surface area contributed by atoms with E-state index in [0.717, 1.165) is 16.6 Å². The fourth-order valence-electron chi connectivity index (χ4n) is 1.60. The third kappa shape index (κ3) is 2.98. The number of carbonyl (C=O) groups is 1. The van der Waals surface area contributed by atoms with E-state index in [1.165, 1.54) is 5.56 Å². The Morgan fingerprint density at radius 3 is 2.56 bits per heavy atom. The molecule has 5 heteroatoms. The first-order valence-corrected chi connectivity index (χ1v) is 6.75. The minimum Gasteiger partial charge on any atom is -0.348 e. The second-order valence-electron chi connectivity index (χ2n) is 4.04. The maximum absolute atomic E-state index is 11.8. The van der Waals surface area contributed by atoms with Gasteiger partial charge in [-0.05, 0) is 18.1 Å². The first-order valence-electron chi connectivity index (χ1n) is 5.62. The van der Waals surface area contributed by atoms with Crippen LogP contribution in [0, 0.1) is 6.92 Å². The van der Waals surface area contributed by atoms with E-state index in [1.54, 1.807) is 6.20 Å². The van der Waals surface area contributed by atoms with Gasteiger partial charge in [0.15, 0.2) is 0 Å². The topological polar surface area (TPSA) is 57.8 Å². The van der Waals surface area contributed by atoms with Crippen LogP contribution in [0.1, 0.15) is 27.2 Å². The van der Waals surface area contributed by atoms with Crippen LogP contribution in [0.4, 0.5) is 0 Å². The highest BCUT2D eigenvalue weighted by molar-refractivity contribution is 9.08. The lowest BCUT2D eigenvalue weighted by Gasteiger charge is -2.05. The molecule has 0 aliphatic carbocycles. The normalized spacial score (nSPS) is 10.3. The molecule has 0 radical (unpaired) electrons. The highest BCUT2D eigenvalue weighted by Crippen LogP contribution is 2.08. The molecule has 1 heterocycles. The number of rotatable bonds is 4. The van der Waals surface area contributed by atoms with E-state index in [2.05, 4.69) is 31.4 Å². The van der Waals surface area contributed by atoms with Gasteiger partial charge >= 0.3 is 0 Å². The summed E-state index contributed by atoms with van der Waals surface area (Å²) in [4.78, 5) is 11.8. The van der Waals surface area contributed by atoms with Crippen LogP contribution in [0.3, 0.4) is 0 Å². The number of aromatic nitrogens is 2.